The molecule has 0 aromatic heterocycles. The maximum Gasteiger partial charge on any atom is 0.244 e. The molecule has 0 spiro atoms. The summed E-state index contributed by atoms with van der Waals surface area (Å²) in [6.45, 7) is 5.15. The van der Waals surface area contributed by atoms with Crippen LogP contribution in [-0.4, -0.2) is 50.0 Å². The van der Waals surface area contributed by atoms with Crippen LogP contribution in [0.2, 0.25) is 0 Å². The minimum Gasteiger partial charge on any atom is -0.352 e. The normalized spacial score (nSPS) is 15.2. The van der Waals surface area contributed by atoms with Gasteiger partial charge in [-0.25, -0.2) is 8.42 Å². The fourth-order valence-electron chi connectivity index (χ4n) is 4.76. The maximum absolute atomic E-state index is 13.8. The highest BCUT2D eigenvalue weighted by Gasteiger charge is 2.32. The Morgan fingerprint density at radius 2 is 1.67 bits per heavy atom. The van der Waals surface area contributed by atoms with Gasteiger partial charge in [-0.15, -0.1) is 0 Å². The van der Waals surface area contributed by atoms with Crippen molar-refractivity contribution in [3.63, 3.8) is 0 Å². The summed E-state index contributed by atoms with van der Waals surface area (Å²) in [5, 5.41) is 3.11. The van der Waals surface area contributed by atoms with E-state index >= 15 is 0 Å². The minimum absolute atomic E-state index is 0.110. The average molecular weight is 579 g/mol. The third kappa shape index (κ3) is 7.32. The molecule has 0 saturated heterocycles. The van der Waals surface area contributed by atoms with Crippen molar-refractivity contribution in [2.75, 3.05) is 17.1 Å². The molecule has 2 aromatic carbocycles. The predicted molar refractivity (Wildman–Crippen MR) is 147 cm³/mol. The van der Waals surface area contributed by atoms with Crippen LogP contribution in [0, 0.1) is 13.8 Å². The quantitative estimate of drug-likeness (QED) is 0.468. The van der Waals surface area contributed by atoms with Crippen LogP contribution >= 0.6 is 15.9 Å². The molecular weight excluding hydrogens is 542 g/mol. The number of hydrogen-bond acceptors (Lipinski definition) is 4. The summed E-state index contributed by atoms with van der Waals surface area (Å²) in [5.74, 6) is -0.655. The molecule has 9 heteroatoms. The lowest BCUT2D eigenvalue weighted by Gasteiger charge is -2.33. The molecule has 1 atom stereocenters. The Bertz CT molecular complexity index is 1180. The van der Waals surface area contributed by atoms with Gasteiger partial charge in [-0.2, -0.15) is 0 Å². The van der Waals surface area contributed by atoms with Crippen molar-refractivity contribution < 1.29 is 18.0 Å². The van der Waals surface area contributed by atoms with Crippen LogP contribution in [0.25, 0.3) is 0 Å². The molecule has 36 heavy (non-hydrogen) atoms. The van der Waals surface area contributed by atoms with E-state index in [0.717, 1.165) is 57.4 Å². The SMILES string of the molecule is Cc1cccc(C)c1N(CC(=O)N(Cc1cccc(Br)c1)[C@@H](C)C(=O)NC1CCCCC1)S(C)(=O)=O. The Hall–Kier alpha value is -2.39. The van der Waals surface area contributed by atoms with Crippen molar-refractivity contribution in [3.05, 3.63) is 63.6 Å². The number of anilines is 1. The number of sulfonamides is 1. The van der Waals surface area contributed by atoms with E-state index in [1.165, 1.54) is 11.3 Å². The number of aryl methyl sites for hydroxylation is 2. The van der Waals surface area contributed by atoms with Crippen molar-refractivity contribution in [2.45, 2.75) is 71.5 Å². The number of para-hydroxylation sites is 1. The molecule has 2 amide bonds. The van der Waals surface area contributed by atoms with Gasteiger partial charge in [0.1, 0.15) is 12.6 Å². The molecule has 0 radical (unpaired) electrons. The lowest BCUT2D eigenvalue weighted by atomic mass is 9.95. The van der Waals surface area contributed by atoms with E-state index in [2.05, 4.69) is 21.2 Å². The van der Waals surface area contributed by atoms with Crippen molar-refractivity contribution >= 4 is 43.5 Å². The Balaban J connectivity index is 1.91. The molecular formula is C27H36BrN3O4S. The first kappa shape index (κ1) is 28.2. The zero-order valence-electron chi connectivity index (χ0n) is 21.5. The second-order valence-electron chi connectivity index (χ2n) is 9.68. The van der Waals surface area contributed by atoms with Crippen LogP contribution in [0.4, 0.5) is 5.69 Å². The van der Waals surface area contributed by atoms with Gasteiger partial charge in [-0.05, 0) is 62.4 Å². The van der Waals surface area contributed by atoms with Crippen molar-refractivity contribution in [3.8, 4) is 0 Å². The number of carbonyl (C=O) groups is 2. The largest absolute Gasteiger partial charge is 0.352 e. The summed E-state index contributed by atoms with van der Waals surface area (Å²) in [6, 6.07) is 12.4. The van der Waals surface area contributed by atoms with Crippen LogP contribution in [-0.2, 0) is 26.2 Å². The molecule has 1 aliphatic carbocycles. The van der Waals surface area contributed by atoms with Crippen molar-refractivity contribution in [2.24, 2.45) is 0 Å². The summed E-state index contributed by atoms with van der Waals surface area (Å²) in [4.78, 5) is 28.5. The molecule has 1 fully saturated rings. The minimum atomic E-state index is -3.76. The maximum atomic E-state index is 13.8. The highest BCUT2D eigenvalue weighted by Crippen LogP contribution is 2.27. The number of benzene rings is 2. The molecule has 7 nitrogen and oxygen atoms in total. The first-order valence-electron chi connectivity index (χ1n) is 12.4. The van der Waals surface area contributed by atoms with Gasteiger partial charge in [0.15, 0.2) is 0 Å². The van der Waals surface area contributed by atoms with Gasteiger partial charge in [-0.1, -0.05) is 65.5 Å². The lowest BCUT2D eigenvalue weighted by molar-refractivity contribution is -0.139. The first-order chi connectivity index (χ1) is 17.0. The van der Waals surface area contributed by atoms with E-state index in [1.54, 1.807) is 6.92 Å². The number of nitrogens with zero attached hydrogens (tertiary/aromatic N) is 2. The zero-order valence-corrected chi connectivity index (χ0v) is 23.9. The number of amides is 2. The van der Waals surface area contributed by atoms with Crippen LogP contribution in [0.15, 0.2) is 46.9 Å². The monoisotopic (exact) mass is 577 g/mol. The molecule has 0 bridgehead atoms. The Labute approximate surface area is 223 Å². The van der Waals surface area contributed by atoms with Gasteiger partial charge in [0.25, 0.3) is 0 Å². The number of halogens is 1. The van der Waals surface area contributed by atoms with Crippen LogP contribution in [0.1, 0.15) is 55.7 Å². The Kier molecular flexibility index (Phi) is 9.58. The van der Waals surface area contributed by atoms with Gasteiger partial charge in [0.05, 0.1) is 11.9 Å². The second kappa shape index (κ2) is 12.2. The summed E-state index contributed by atoms with van der Waals surface area (Å²) in [5.41, 5.74) is 2.85. The van der Waals surface area contributed by atoms with Gasteiger partial charge in [0.2, 0.25) is 21.8 Å². The molecule has 3 rings (SSSR count). The van der Waals surface area contributed by atoms with Crippen molar-refractivity contribution in [1.82, 2.24) is 10.2 Å². The van der Waals surface area contributed by atoms with Crippen molar-refractivity contribution in [1.29, 1.82) is 0 Å². The van der Waals surface area contributed by atoms with E-state index in [9.17, 15) is 18.0 Å². The van der Waals surface area contributed by atoms with E-state index < -0.39 is 22.0 Å². The van der Waals surface area contributed by atoms with E-state index in [4.69, 9.17) is 0 Å². The third-order valence-electron chi connectivity index (χ3n) is 6.73. The van der Waals surface area contributed by atoms with Gasteiger partial charge in [0, 0.05) is 17.1 Å². The Morgan fingerprint density at radius 1 is 1.06 bits per heavy atom. The van der Waals surface area contributed by atoms with Gasteiger partial charge < -0.3 is 10.2 Å². The molecule has 0 unspecified atom stereocenters. The van der Waals surface area contributed by atoms with Crippen LogP contribution < -0.4 is 9.62 Å². The number of nitrogens with one attached hydrogen (secondary N) is 1. The second-order valence-corrected chi connectivity index (χ2v) is 12.5. The molecule has 0 aliphatic heterocycles. The zero-order chi connectivity index (χ0) is 26.5. The van der Waals surface area contributed by atoms with E-state index in [0.29, 0.717) is 5.69 Å². The molecule has 1 aliphatic rings. The Morgan fingerprint density at radius 3 is 2.25 bits per heavy atom. The molecule has 196 valence electrons. The third-order valence-corrected chi connectivity index (χ3v) is 8.33. The smallest absolute Gasteiger partial charge is 0.244 e. The topological polar surface area (TPSA) is 86.8 Å². The highest BCUT2D eigenvalue weighted by molar-refractivity contribution is 9.10. The molecule has 1 saturated carbocycles. The van der Waals surface area contributed by atoms with Crippen LogP contribution in [0.3, 0.4) is 0 Å². The molecule has 0 heterocycles. The average Bonchev–Trinajstić information content (AvgIpc) is 2.81. The summed E-state index contributed by atoms with van der Waals surface area (Å²) in [6.07, 6.45) is 6.32. The van der Waals surface area contributed by atoms with Gasteiger partial charge in [-0.3, -0.25) is 13.9 Å². The summed E-state index contributed by atoms with van der Waals surface area (Å²) < 4.78 is 27.7. The van der Waals surface area contributed by atoms with Gasteiger partial charge >= 0.3 is 0 Å². The fraction of sp³-hybridized carbons (Fsp3) is 0.481. The first-order valence-corrected chi connectivity index (χ1v) is 15.0. The molecule has 2 aromatic rings. The van der Waals surface area contributed by atoms with E-state index in [1.807, 2.05) is 56.3 Å². The van der Waals surface area contributed by atoms with E-state index in [-0.39, 0.29) is 25.0 Å². The lowest BCUT2D eigenvalue weighted by Crippen LogP contribution is -2.53. The standard InChI is InChI=1S/C27H36BrN3O4S/c1-19-10-8-11-20(2)26(19)31(36(4,34)35)18-25(32)30(17-22-12-9-13-23(28)16-22)21(3)27(33)29-24-14-6-5-7-15-24/h8-13,16,21,24H,5-7,14-15,17-18H2,1-4H3,(H,29,33)/t21-/m0/s1. The molecule has 1 N–H and O–H groups in total. The predicted octanol–water partition coefficient (Wildman–Crippen LogP) is 4.70. The fourth-order valence-corrected chi connectivity index (χ4v) is 6.17. The summed E-state index contributed by atoms with van der Waals surface area (Å²) in [7, 11) is -3.76. The number of hydrogen-bond donors (Lipinski definition) is 1. The number of rotatable bonds is 9. The number of carbonyl (C=O) groups excluding carboxylic acids is 2. The summed E-state index contributed by atoms with van der Waals surface area (Å²) >= 11 is 3.46. The highest BCUT2D eigenvalue weighted by atomic mass is 79.9. The van der Waals surface area contributed by atoms with Crippen LogP contribution in [0.5, 0.6) is 0 Å².